The van der Waals surface area contributed by atoms with Crippen molar-refractivity contribution in [1.82, 2.24) is 5.32 Å². The van der Waals surface area contributed by atoms with E-state index in [1.165, 1.54) is 5.56 Å². The molecule has 1 N–H and O–H groups in total. The van der Waals surface area contributed by atoms with E-state index in [0.29, 0.717) is 12.2 Å². The second kappa shape index (κ2) is 8.68. The minimum Gasteiger partial charge on any atom is -0.489 e. The molecular weight excluding hydrogens is 366 g/mol. The van der Waals surface area contributed by atoms with E-state index in [2.05, 4.69) is 38.2 Å². The highest BCUT2D eigenvalue weighted by atomic mass is 16.5. The second-order valence-corrected chi connectivity index (χ2v) is 8.59. The van der Waals surface area contributed by atoms with Gasteiger partial charge in [0.05, 0.1) is 5.56 Å². The fourth-order valence-corrected chi connectivity index (χ4v) is 2.78. The molecule has 0 spiro atoms. The van der Waals surface area contributed by atoms with Gasteiger partial charge in [0.2, 0.25) is 0 Å². The smallest absolute Gasteiger partial charge is 0.338 e. The third-order valence-corrected chi connectivity index (χ3v) is 4.89. The summed E-state index contributed by atoms with van der Waals surface area (Å²) >= 11 is 0. The molecule has 0 heterocycles. The molecule has 2 aromatic carbocycles. The van der Waals surface area contributed by atoms with Crippen molar-refractivity contribution >= 4 is 11.9 Å². The monoisotopic (exact) mass is 395 g/mol. The maximum Gasteiger partial charge on any atom is 0.338 e. The molecule has 154 valence electrons. The van der Waals surface area contributed by atoms with E-state index in [0.717, 1.165) is 24.2 Å². The molecule has 0 aromatic heterocycles. The van der Waals surface area contributed by atoms with Gasteiger partial charge in [-0.1, -0.05) is 45.0 Å². The minimum absolute atomic E-state index is 0.110. The number of hydrogen-bond donors (Lipinski definition) is 1. The van der Waals surface area contributed by atoms with Crippen LogP contribution >= 0.6 is 0 Å². The Kier molecular flexibility index (Phi) is 6.26. The lowest BCUT2D eigenvalue weighted by atomic mass is 9.87. The first kappa shape index (κ1) is 20.9. The van der Waals surface area contributed by atoms with Gasteiger partial charge in [0, 0.05) is 6.04 Å². The number of carbonyl (C=O) groups is 2. The van der Waals surface area contributed by atoms with Crippen LogP contribution in [0.15, 0.2) is 48.5 Å². The number of rotatable bonds is 7. The fraction of sp³-hybridized carbons (Fsp3) is 0.417. The Morgan fingerprint density at radius 2 is 1.66 bits per heavy atom. The summed E-state index contributed by atoms with van der Waals surface area (Å²) in [6, 6.07) is 15.4. The Morgan fingerprint density at radius 3 is 2.21 bits per heavy atom. The van der Waals surface area contributed by atoms with Crippen molar-refractivity contribution in [3.05, 3.63) is 65.2 Å². The standard InChI is InChI=1S/C24H29NO4/c1-16(22(26)25-20-11-12-20)29-23(27)18-7-5-17(6-8-18)15-28-21-13-9-19(10-14-21)24(2,3)4/h5-10,13-14,16,20H,11-12,15H2,1-4H3,(H,25,26)/t16-/m1/s1. The summed E-state index contributed by atoms with van der Waals surface area (Å²) < 4.78 is 11.1. The van der Waals surface area contributed by atoms with Gasteiger partial charge in [-0.25, -0.2) is 4.79 Å². The first-order valence-electron chi connectivity index (χ1n) is 10.1. The van der Waals surface area contributed by atoms with E-state index in [9.17, 15) is 9.59 Å². The van der Waals surface area contributed by atoms with Crippen LogP contribution in [-0.2, 0) is 21.6 Å². The molecule has 5 heteroatoms. The van der Waals surface area contributed by atoms with Gasteiger partial charge in [-0.05, 0) is 60.6 Å². The van der Waals surface area contributed by atoms with Crippen molar-refractivity contribution < 1.29 is 19.1 Å². The number of ether oxygens (including phenoxy) is 2. The molecule has 5 nitrogen and oxygen atoms in total. The Hall–Kier alpha value is -2.82. The Morgan fingerprint density at radius 1 is 1.03 bits per heavy atom. The zero-order chi connectivity index (χ0) is 21.0. The topological polar surface area (TPSA) is 64.6 Å². The van der Waals surface area contributed by atoms with Crippen LogP contribution in [0.5, 0.6) is 5.75 Å². The molecule has 1 saturated carbocycles. The second-order valence-electron chi connectivity index (χ2n) is 8.59. The van der Waals surface area contributed by atoms with Gasteiger partial charge in [0.1, 0.15) is 12.4 Å². The number of nitrogens with one attached hydrogen (secondary N) is 1. The van der Waals surface area contributed by atoms with Crippen LogP contribution in [0.2, 0.25) is 0 Å². The number of benzene rings is 2. The van der Waals surface area contributed by atoms with E-state index in [1.807, 2.05) is 24.3 Å². The highest BCUT2D eigenvalue weighted by Crippen LogP contribution is 2.24. The number of amides is 1. The van der Waals surface area contributed by atoms with Gasteiger partial charge in [-0.15, -0.1) is 0 Å². The zero-order valence-corrected chi connectivity index (χ0v) is 17.5. The fourth-order valence-electron chi connectivity index (χ4n) is 2.78. The number of esters is 1. The summed E-state index contributed by atoms with van der Waals surface area (Å²) in [7, 11) is 0. The normalized spacial score (nSPS) is 14.8. The average molecular weight is 395 g/mol. The molecule has 1 amide bonds. The first-order chi connectivity index (χ1) is 13.7. The summed E-state index contributed by atoms with van der Waals surface area (Å²) in [6.45, 7) is 8.52. The van der Waals surface area contributed by atoms with Crippen molar-refractivity contribution in [2.45, 2.75) is 64.7 Å². The van der Waals surface area contributed by atoms with Crippen LogP contribution in [0.25, 0.3) is 0 Å². The lowest BCUT2D eigenvalue weighted by Crippen LogP contribution is -2.37. The summed E-state index contributed by atoms with van der Waals surface area (Å²) in [6.07, 6.45) is 1.19. The molecule has 0 unspecified atom stereocenters. The van der Waals surface area contributed by atoms with Gasteiger partial charge in [0.15, 0.2) is 6.10 Å². The minimum atomic E-state index is -0.804. The highest BCUT2D eigenvalue weighted by molar-refractivity contribution is 5.92. The summed E-state index contributed by atoms with van der Waals surface area (Å²) in [5.41, 5.74) is 2.72. The van der Waals surface area contributed by atoms with Crippen LogP contribution in [-0.4, -0.2) is 24.0 Å². The molecule has 1 aliphatic rings. The van der Waals surface area contributed by atoms with Crippen molar-refractivity contribution in [2.75, 3.05) is 0 Å². The van der Waals surface area contributed by atoms with Gasteiger partial charge in [0.25, 0.3) is 5.91 Å². The molecule has 2 aromatic rings. The average Bonchev–Trinajstić information content (AvgIpc) is 3.50. The molecule has 0 saturated heterocycles. The van der Waals surface area contributed by atoms with Crippen LogP contribution < -0.4 is 10.1 Å². The molecule has 29 heavy (non-hydrogen) atoms. The van der Waals surface area contributed by atoms with Crippen molar-refractivity contribution in [2.24, 2.45) is 0 Å². The summed E-state index contributed by atoms with van der Waals surface area (Å²) in [4.78, 5) is 24.1. The Bertz CT molecular complexity index is 846. The van der Waals surface area contributed by atoms with Crippen molar-refractivity contribution in [3.8, 4) is 5.75 Å². The summed E-state index contributed by atoms with van der Waals surface area (Å²) in [5, 5.41) is 2.83. The Labute approximate surface area is 172 Å². The SMILES string of the molecule is C[C@@H](OC(=O)c1ccc(COc2ccc(C(C)(C)C)cc2)cc1)C(=O)NC1CC1. The zero-order valence-electron chi connectivity index (χ0n) is 17.5. The maximum absolute atomic E-state index is 12.2. The molecule has 0 aliphatic heterocycles. The van der Waals surface area contributed by atoms with Gasteiger partial charge in [-0.3, -0.25) is 4.79 Å². The highest BCUT2D eigenvalue weighted by Gasteiger charge is 2.27. The van der Waals surface area contributed by atoms with Gasteiger partial charge < -0.3 is 14.8 Å². The lowest BCUT2D eigenvalue weighted by Gasteiger charge is -2.19. The van der Waals surface area contributed by atoms with E-state index >= 15 is 0 Å². The Balaban J connectivity index is 1.50. The van der Waals surface area contributed by atoms with E-state index < -0.39 is 12.1 Å². The third kappa shape index (κ3) is 6.08. The number of hydrogen-bond acceptors (Lipinski definition) is 4. The van der Waals surface area contributed by atoms with Crippen LogP contribution in [0, 0.1) is 0 Å². The molecule has 1 atom stereocenters. The van der Waals surface area contributed by atoms with Crippen LogP contribution in [0.1, 0.15) is 62.0 Å². The number of carbonyl (C=O) groups excluding carboxylic acids is 2. The quantitative estimate of drug-likeness (QED) is 0.707. The van der Waals surface area contributed by atoms with E-state index in [-0.39, 0.29) is 17.4 Å². The first-order valence-corrected chi connectivity index (χ1v) is 10.1. The largest absolute Gasteiger partial charge is 0.489 e. The molecule has 0 radical (unpaired) electrons. The van der Waals surface area contributed by atoms with Crippen LogP contribution in [0.3, 0.4) is 0 Å². The van der Waals surface area contributed by atoms with Crippen molar-refractivity contribution in [3.63, 3.8) is 0 Å². The summed E-state index contributed by atoms with van der Waals surface area (Å²) in [5.74, 6) is 0.0500. The molecule has 1 fully saturated rings. The van der Waals surface area contributed by atoms with Crippen LogP contribution in [0.4, 0.5) is 0 Å². The predicted octanol–water partition coefficient (Wildman–Crippen LogP) is 4.39. The van der Waals surface area contributed by atoms with E-state index in [4.69, 9.17) is 9.47 Å². The molecular formula is C24H29NO4. The van der Waals surface area contributed by atoms with E-state index in [1.54, 1.807) is 19.1 Å². The maximum atomic E-state index is 12.2. The van der Waals surface area contributed by atoms with Gasteiger partial charge in [-0.2, -0.15) is 0 Å². The molecule has 1 aliphatic carbocycles. The van der Waals surface area contributed by atoms with Crippen molar-refractivity contribution in [1.29, 1.82) is 0 Å². The molecule has 3 rings (SSSR count). The van der Waals surface area contributed by atoms with Gasteiger partial charge >= 0.3 is 5.97 Å². The predicted molar refractivity (Wildman–Crippen MR) is 112 cm³/mol. The third-order valence-electron chi connectivity index (χ3n) is 4.89. The molecule has 0 bridgehead atoms. The lowest BCUT2D eigenvalue weighted by molar-refractivity contribution is -0.129.